The predicted molar refractivity (Wildman–Crippen MR) is 63.8 cm³/mol. The highest BCUT2D eigenvalue weighted by Crippen LogP contribution is 2.25. The van der Waals surface area contributed by atoms with Crippen LogP contribution in [0.25, 0.3) is 0 Å². The molecule has 84 valence electrons. The number of carbonyl (C=O) groups excluding carboxylic acids is 1. The second-order valence-electron chi connectivity index (χ2n) is 3.07. The van der Waals surface area contributed by atoms with E-state index in [9.17, 15) is 4.79 Å². The van der Waals surface area contributed by atoms with E-state index >= 15 is 0 Å². The largest absolute Gasteiger partial charge is 0.466 e. The molecule has 0 spiro atoms. The fourth-order valence-corrected chi connectivity index (χ4v) is 1.64. The maximum Gasteiger partial charge on any atom is 0.310 e. The Morgan fingerprint density at radius 1 is 1.62 bits per heavy atom. The Balaban J connectivity index is 2.95. The average Bonchev–Trinajstić information content (AvgIpc) is 2.23. The Bertz CT molecular complexity index is 454. The van der Waals surface area contributed by atoms with Gasteiger partial charge >= 0.3 is 5.97 Å². The second-order valence-corrected chi connectivity index (χ2v) is 3.92. The molecule has 0 bridgehead atoms. The topological polar surface area (TPSA) is 50.1 Å². The minimum absolute atomic E-state index is 0.107. The number of esters is 1. The number of hydrogen-bond acceptors (Lipinski definition) is 4. The summed E-state index contributed by atoms with van der Waals surface area (Å²) < 4.78 is 4.81. The number of hydrogen-bond donors (Lipinski definition) is 1. The van der Waals surface area contributed by atoms with Crippen molar-refractivity contribution in [1.29, 1.82) is 5.26 Å². The van der Waals surface area contributed by atoms with Crippen molar-refractivity contribution in [2.45, 2.75) is 18.2 Å². The van der Waals surface area contributed by atoms with Crippen molar-refractivity contribution in [2.75, 3.05) is 6.61 Å². The SMILES string of the molecule is CCOC(=O)Cc1cc(Cl)c(S)c(C#N)c1. The quantitative estimate of drug-likeness (QED) is 0.667. The zero-order chi connectivity index (χ0) is 12.1. The molecule has 0 radical (unpaired) electrons. The van der Waals surface area contributed by atoms with E-state index in [0.29, 0.717) is 27.7 Å². The molecule has 0 amide bonds. The van der Waals surface area contributed by atoms with Gasteiger partial charge in [-0.1, -0.05) is 11.6 Å². The van der Waals surface area contributed by atoms with Crippen LogP contribution in [-0.4, -0.2) is 12.6 Å². The molecule has 0 aliphatic rings. The Labute approximate surface area is 104 Å². The van der Waals surface area contributed by atoms with Crippen LogP contribution in [0.4, 0.5) is 0 Å². The fraction of sp³-hybridized carbons (Fsp3) is 0.273. The monoisotopic (exact) mass is 255 g/mol. The van der Waals surface area contributed by atoms with Gasteiger partial charge in [0.15, 0.2) is 0 Å². The summed E-state index contributed by atoms with van der Waals surface area (Å²) in [4.78, 5) is 11.7. The van der Waals surface area contributed by atoms with Crippen LogP contribution in [-0.2, 0) is 16.0 Å². The van der Waals surface area contributed by atoms with Crippen molar-refractivity contribution < 1.29 is 9.53 Å². The molecule has 0 saturated heterocycles. The standard InChI is InChI=1S/C11H10ClNO2S/c1-2-15-10(14)5-7-3-8(6-13)11(16)9(12)4-7/h3-4,16H,2,5H2,1H3. The molecule has 0 saturated carbocycles. The van der Waals surface area contributed by atoms with Gasteiger partial charge in [-0.15, -0.1) is 12.6 Å². The summed E-state index contributed by atoms with van der Waals surface area (Å²) in [5, 5.41) is 9.19. The van der Waals surface area contributed by atoms with Gasteiger partial charge in [0.25, 0.3) is 0 Å². The van der Waals surface area contributed by atoms with Crippen LogP contribution in [0.1, 0.15) is 18.1 Å². The normalized spacial score (nSPS) is 9.62. The molecule has 0 heterocycles. The number of carbonyl (C=O) groups is 1. The highest BCUT2D eigenvalue weighted by Gasteiger charge is 2.09. The third-order valence-electron chi connectivity index (χ3n) is 1.90. The van der Waals surface area contributed by atoms with Crippen molar-refractivity contribution in [3.05, 3.63) is 28.3 Å². The molecule has 1 rings (SSSR count). The van der Waals surface area contributed by atoms with Crippen LogP contribution in [0.3, 0.4) is 0 Å². The van der Waals surface area contributed by atoms with Crippen LogP contribution in [0, 0.1) is 11.3 Å². The summed E-state index contributed by atoms with van der Waals surface area (Å²) in [6.07, 6.45) is 0.107. The van der Waals surface area contributed by atoms with Crippen LogP contribution in [0.2, 0.25) is 5.02 Å². The molecule has 0 atom stereocenters. The number of rotatable bonds is 3. The van der Waals surface area contributed by atoms with E-state index in [1.54, 1.807) is 19.1 Å². The van der Waals surface area contributed by atoms with Crippen molar-refractivity contribution in [1.82, 2.24) is 0 Å². The molecule has 1 aromatic carbocycles. The van der Waals surface area contributed by atoms with Crippen molar-refractivity contribution >= 4 is 30.2 Å². The predicted octanol–water partition coefficient (Wildman–Crippen LogP) is 2.61. The summed E-state index contributed by atoms with van der Waals surface area (Å²) in [7, 11) is 0. The first-order valence-electron chi connectivity index (χ1n) is 4.65. The average molecular weight is 256 g/mol. The van der Waals surface area contributed by atoms with Crippen LogP contribution in [0.5, 0.6) is 0 Å². The number of nitrogens with zero attached hydrogens (tertiary/aromatic N) is 1. The number of ether oxygens (including phenoxy) is 1. The molecule has 16 heavy (non-hydrogen) atoms. The Morgan fingerprint density at radius 3 is 2.88 bits per heavy atom. The first-order valence-corrected chi connectivity index (χ1v) is 5.48. The van der Waals surface area contributed by atoms with Crippen molar-refractivity contribution in [3.8, 4) is 6.07 Å². The van der Waals surface area contributed by atoms with Gasteiger partial charge in [-0.2, -0.15) is 5.26 Å². The molecule has 0 aliphatic heterocycles. The van der Waals surface area contributed by atoms with E-state index in [2.05, 4.69) is 12.6 Å². The molecule has 3 nitrogen and oxygen atoms in total. The lowest BCUT2D eigenvalue weighted by atomic mass is 10.1. The van der Waals surface area contributed by atoms with Gasteiger partial charge in [0.1, 0.15) is 6.07 Å². The smallest absolute Gasteiger partial charge is 0.310 e. The van der Waals surface area contributed by atoms with Crippen molar-refractivity contribution in [2.24, 2.45) is 0 Å². The third-order valence-corrected chi connectivity index (χ3v) is 2.81. The second kappa shape index (κ2) is 5.78. The van der Waals surface area contributed by atoms with Gasteiger partial charge in [0.05, 0.1) is 23.6 Å². The minimum atomic E-state index is -0.339. The Morgan fingerprint density at radius 2 is 2.31 bits per heavy atom. The number of halogens is 1. The Kier molecular flexibility index (Phi) is 4.66. The highest BCUT2D eigenvalue weighted by atomic mass is 35.5. The lowest BCUT2D eigenvalue weighted by Crippen LogP contribution is -2.07. The minimum Gasteiger partial charge on any atom is -0.466 e. The molecule has 0 fully saturated rings. The van der Waals surface area contributed by atoms with E-state index in [4.69, 9.17) is 21.6 Å². The van der Waals surface area contributed by atoms with Gasteiger partial charge in [-0.25, -0.2) is 0 Å². The van der Waals surface area contributed by atoms with E-state index < -0.39 is 0 Å². The first kappa shape index (κ1) is 12.9. The van der Waals surface area contributed by atoms with Gasteiger partial charge in [-0.05, 0) is 24.6 Å². The summed E-state index contributed by atoms with van der Waals surface area (Å²) >= 11 is 9.98. The highest BCUT2D eigenvalue weighted by molar-refractivity contribution is 7.80. The lowest BCUT2D eigenvalue weighted by Gasteiger charge is -2.05. The first-order chi connectivity index (χ1) is 7.58. The fourth-order valence-electron chi connectivity index (χ4n) is 1.22. The third kappa shape index (κ3) is 3.16. The van der Waals surface area contributed by atoms with Gasteiger partial charge in [-0.3, -0.25) is 4.79 Å². The van der Waals surface area contributed by atoms with Crippen LogP contribution < -0.4 is 0 Å². The van der Waals surface area contributed by atoms with Gasteiger partial charge in [0, 0.05) is 4.90 Å². The molecule has 5 heteroatoms. The lowest BCUT2D eigenvalue weighted by molar-refractivity contribution is -0.142. The molecular formula is C11H10ClNO2S. The summed E-state index contributed by atoms with van der Waals surface area (Å²) in [5.74, 6) is -0.339. The van der Waals surface area contributed by atoms with Crippen LogP contribution >= 0.6 is 24.2 Å². The molecular weight excluding hydrogens is 246 g/mol. The summed E-state index contributed by atoms with van der Waals surface area (Å²) in [5.41, 5.74) is 1.01. The van der Waals surface area contributed by atoms with E-state index in [1.165, 1.54) is 0 Å². The molecule has 0 N–H and O–H groups in total. The maximum atomic E-state index is 11.2. The van der Waals surface area contributed by atoms with Crippen LogP contribution in [0.15, 0.2) is 17.0 Å². The van der Waals surface area contributed by atoms with Crippen molar-refractivity contribution in [3.63, 3.8) is 0 Å². The van der Waals surface area contributed by atoms with E-state index in [0.717, 1.165) is 0 Å². The molecule has 0 unspecified atom stereocenters. The molecule has 0 aromatic heterocycles. The molecule has 0 aliphatic carbocycles. The van der Waals surface area contributed by atoms with Gasteiger partial charge in [0.2, 0.25) is 0 Å². The zero-order valence-corrected chi connectivity index (χ0v) is 10.3. The number of nitriles is 1. The zero-order valence-electron chi connectivity index (χ0n) is 8.66. The summed E-state index contributed by atoms with van der Waals surface area (Å²) in [6, 6.07) is 5.17. The number of thiol groups is 1. The van der Waals surface area contributed by atoms with Gasteiger partial charge < -0.3 is 4.74 Å². The number of benzene rings is 1. The van der Waals surface area contributed by atoms with E-state index in [1.807, 2.05) is 6.07 Å². The molecule has 1 aromatic rings. The maximum absolute atomic E-state index is 11.2. The summed E-state index contributed by atoms with van der Waals surface area (Å²) in [6.45, 7) is 2.07. The van der Waals surface area contributed by atoms with E-state index in [-0.39, 0.29) is 12.4 Å². The Hall–Kier alpha value is -1.18.